The van der Waals surface area contributed by atoms with Crippen molar-refractivity contribution in [3.05, 3.63) is 11.7 Å². The van der Waals surface area contributed by atoms with Crippen molar-refractivity contribution in [3.63, 3.8) is 0 Å². The fourth-order valence-electron chi connectivity index (χ4n) is 2.45. The van der Waals surface area contributed by atoms with Crippen molar-refractivity contribution in [1.82, 2.24) is 15.5 Å². The van der Waals surface area contributed by atoms with E-state index in [1.54, 1.807) is 0 Å². The summed E-state index contributed by atoms with van der Waals surface area (Å²) < 4.78 is 5.49. The maximum Gasteiger partial charge on any atom is 0.234 e. The van der Waals surface area contributed by atoms with E-state index >= 15 is 0 Å². The zero-order valence-corrected chi connectivity index (χ0v) is 11.5. The van der Waals surface area contributed by atoms with Crippen molar-refractivity contribution in [3.8, 4) is 0 Å². The average molecular weight is 255 g/mol. The summed E-state index contributed by atoms with van der Waals surface area (Å²) in [4.78, 5) is 4.58. The number of nitrogens with one attached hydrogen (secondary N) is 1. The van der Waals surface area contributed by atoms with Crippen molar-refractivity contribution >= 4 is 11.8 Å². The molecule has 0 spiro atoms. The maximum absolute atomic E-state index is 5.49. The summed E-state index contributed by atoms with van der Waals surface area (Å²) in [5.74, 6) is 3.63. The molecule has 1 fully saturated rings. The van der Waals surface area contributed by atoms with Crippen LogP contribution >= 0.6 is 11.8 Å². The van der Waals surface area contributed by atoms with Gasteiger partial charge >= 0.3 is 0 Å². The minimum absolute atomic E-state index is 0.0941. The highest BCUT2D eigenvalue weighted by Crippen LogP contribution is 2.34. The summed E-state index contributed by atoms with van der Waals surface area (Å²) in [6.45, 7) is 6.39. The van der Waals surface area contributed by atoms with E-state index in [0.717, 1.165) is 55.6 Å². The second-order valence-corrected chi connectivity index (χ2v) is 5.88. The molecule has 1 aliphatic heterocycles. The van der Waals surface area contributed by atoms with Crippen molar-refractivity contribution in [2.75, 3.05) is 18.8 Å². The first kappa shape index (κ1) is 12.9. The third-order valence-corrected chi connectivity index (χ3v) is 4.20. The molecule has 96 valence electrons. The Morgan fingerprint density at radius 1 is 1.47 bits per heavy atom. The fraction of sp³-hybridized carbons (Fsp3) is 0.833. The molecule has 0 aromatic carbocycles. The molecule has 1 N–H and O–H groups in total. The maximum atomic E-state index is 5.49. The van der Waals surface area contributed by atoms with Crippen LogP contribution in [0.2, 0.25) is 0 Å². The van der Waals surface area contributed by atoms with E-state index in [1.165, 1.54) is 0 Å². The molecule has 5 heteroatoms. The summed E-state index contributed by atoms with van der Waals surface area (Å²) >= 11 is 1.83. The first-order chi connectivity index (χ1) is 8.30. The highest BCUT2D eigenvalue weighted by atomic mass is 32.2. The number of hydrogen-bond donors (Lipinski definition) is 1. The van der Waals surface area contributed by atoms with Crippen LogP contribution < -0.4 is 5.32 Å². The standard InChI is InChI=1S/C12H21N3OS/c1-3-5-12(6-7-13-9-12)11-14-10(15-16-11)8-17-4-2/h13H,3-9H2,1-2H3. The molecule has 1 atom stereocenters. The topological polar surface area (TPSA) is 51.0 Å². The van der Waals surface area contributed by atoms with E-state index in [4.69, 9.17) is 4.52 Å². The first-order valence-corrected chi connectivity index (χ1v) is 7.58. The lowest BCUT2D eigenvalue weighted by Crippen LogP contribution is -2.29. The van der Waals surface area contributed by atoms with Crippen molar-refractivity contribution in [1.29, 1.82) is 0 Å². The van der Waals surface area contributed by atoms with Gasteiger partial charge in [0.2, 0.25) is 5.89 Å². The highest BCUT2D eigenvalue weighted by molar-refractivity contribution is 7.98. The molecule has 0 bridgehead atoms. The molecule has 17 heavy (non-hydrogen) atoms. The Hall–Kier alpha value is -0.550. The van der Waals surface area contributed by atoms with Crippen LogP contribution in [-0.4, -0.2) is 29.0 Å². The number of aromatic nitrogens is 2. The normalized spacial score (nSPS) is 24.4. The van der Waals surface area contributed by atoms with Crippen LogP contribution in [0.1, 0.15) is 44.8 Å². The van der Waals surface area contributed by atoms with Crippen LogP contribution in [0.15, 0.2) is 4.52 Å². The molecule has 1 aromatic heterocycles. The van der Waals surface area contributed by atoms with Gasteiger partial charge in [-0.05, 0) is 25.1 Å². The lowest BCUT2D eigenvalue weighted by Gasteiger charge is -2.22. The second-order valence-electron chi connectivity index (χ2n) is 4.61. The van der Waals surface area contributed by atoms with Gasteiger partial charge in [-0.3, -0.25) is 0 Å². The van der Waals surface area contributed by atoms with Crippen LogP contribution in [0.3, 0.4) is 0 Å². The lowest BCUT2D eigenvalue weighted by atomic mass is 9.82. The highest BCUT2D eigenvalue weighted by Gasteiger charge is 2.39. The van der Waals surface area contributed by atoms with Gasteiger partial charge in [-0.2, -0.15) is 16.7 Å². The Kier molecular flexibility index (Phi) is 4.45. The van der Waals surface area contributed by atoms with E-state index < -0.39 is 0 Å². The van der Waals surface area contributed by atoms with Crippen molar-refractivity contribution in [2.45, 2.75) is 44.3 Å². The predicted octanol–water partition coefficient (Wildman–Crippen LogP) is 2.35. The van der Waals surface area contributed by atoms with E-state index in [-0.39, 0.29) is 5.41 Å². The summed E-state index contributed by atoms with van der Waals surface area (Å²) in [6, 6.07) is 0. The molecule has 2 heterocycles. The number of thioether (sulfide) groups is 1. The third kappa shape index (κ3) is 2.83. The zero-order chi connectivity index (χ0) is 12.1. The molecule has 0 saturated carbocycles. The molecular formula is C12H21N3OS. The van der Waals surface area contributed by atoms with Crippen molar-refractivity contribution in [2.24, 2.45) is 0 Å². The Labute approximate surface area is 107 Å². The first-order valence-electron chi connectivity index (χ1n) is 6.42. The molecule has 0 aliphatic carbocycles. The molecule has 1 aromatic rings. The van der Waals surface area contributed by atoms with Gasteiger partial charge in [0.05, 0.1) is 11.2 Å². The monoisotopic (exact) mass is 255 g/mol. The molecule has 1 aliphatic rings. The average Bonchev–Trinajstić information content (AvgIpc) is 2.96. The van der Waals surface area contributed by atoms with Gasteiger partial charge in [0.15, 0.2) is 5.82 Å². The summed E-state index contributed by atoms with van der Waals surface area (Å²) in [5, 5.41) is 7.51. The SMILES string of the molecule is CCCC1(c2nc(CSCC)no2)CCNC1. The second kappa shape index (κ2) is 5.87. The molecule has 2 rings (SSSR count). The van der Waals surface area contributed by atoms with Gasteiger partial charge in [0.1, 0.15) is 0 Å². The Bertz CT molecular complexity index is 347. The Balaban J connectivity index is 2.10. The van der Waals surface area contributed by atoms with Crippen molar-refractivity contribution < 1.29 is 4.52 Å². The molecular weight excluding hydrogens is 234 g/mol. The molecule has 4 nitrogen and oxygen atoms in total. The summed E-state index contributed by atoms with van der Waals surface area (Å²) in [7, 11) is 0. The van der Waals surface area contributed by atoms with Gasteiger partial charge < -0.3 is 9.84 Å². The predicted molar refractivity (Wildman–Crippen MR) is 70.2 cm³/mol. The molecule has 1 saturated heterocycles. The van der Waals surface area contributed by atoms with Crippen LogP contribution in [0.5, 0.6) is 0 Å². The molecule has 1 unspecified atom stereocenters. The minimum atomic E-state index is 0.0941. The van der Waals surface area contributed by atoms with Crippen LogP contribution in [0, 0.1) is 0 Å². The number of nitrogens with zero attached hydrogens (tertiary/aromatic N) is 2. The molecule has 0 amide bonds. The largest absolute Gasteiger partial charge is 0.339 e. The number of rotatable bonds is 6. The Morgan fingerprint density at radius 3 is 3.00 bits per heavy atom. The van der Waals surface area contributed by atoms with Gasteiger partial charge in [-0.1, -0.05) is 25.4 Å². The van der Waals surface area contributed by atoms with Crippen LogP contribution in [0.25, 0.3) is 0 Å². The molecule has 0 radical (unpaired) electrons. The van der Waals surface area contributed by atoms with Gasteiger partial charge in [-0.25, -0.2) is 0 Å². The van der Waals surface area contributed by atoms with Crippen LogP contribution in [0.4, 0.5) is 0 Å². The fourth-order valence-corrected chi connectivity index (χ4v) is 2.95. The van der Waals surface area contributed by atoms with E-state index in [2.05, 4.69) is 29.3 Å². The van der Waals surface area contributed by atoms with Gasteiger partial charge in [0.25, 0.3) is 0 Å². The zero-order valence-electron chi connectivity index (χ0n) is 10.7. The summed E-state index contributed by atoms with van der Waals surface area (Å²) in [5.41, 5.74) is 0.0941. The van der Waals surface area contributed by atoms with E-state index in [1.807, 2.05) is 11.8 Å². The van der Waals surface area contributed by atoms with Gasteiger partial charge in [0, 0.05) is 6.54 Å². The smallest absolute Gasteiger partial charge is 0.234 e. The number of hydrogen-bond acceptors (Lipinski definition) is 5. The minimum Gasteiger partial charge on any atom is -0.339 e. The third-order valence-electron chi connectivity index (χ3n) is 3.33. The van der Waals surface area contributed by atoms with E-state index in [9.17, 15) is 0 Å². The van der Waals surface area contributed by atoms with Crippen LogP contribution in [-0.2, 0) is 11.2 Å². The van der Waals surface area contributed by atoms with Gasteiger partial charge in [-0.15, -0.1) is 0 Å². The lowest BCUT2D eigenvalue weighted by molar-refractivity contribution is 0.276. The summed E-state index contributed by atoms with van der Waals surface area (Å²) in [6.07, 6.45) is 3.40. The Morgan fingerprint density at radius 2 is 2.35 bits per heavy atom. The quantitative estimate of drug-likeness (QED) is 0.845. The van der Waals surface area contributed by atoms with E-state index in [0.29, 0.717) is 0 Å².